The summed E-state index contributed by atoms with van der Waals surface area (Å²) in [5, 5.41) is 3.54. The van der Waals surface area contributed by atoms with Gasteiger partial charge in [-0.25, -0.2) is 0 Å². The topological polar surface area (TPSA) is 15.3 Å². The van der Waals surface area contributed by atoms with Gasteiger partial charge in [0.1, 0.15) is 0 Å². The molecule has 1 atom stereocenters. The molecule has 0 bridgehead atoms. The lowest BCUT2D eigenvalue weighted by molar-refractivity contribution is 0.211. The molecule has 1 N–H and O–H groups in total. The SMILES string of the molecule is CC(CNc1ccccc1)N1CCCc2ccccc2C1. The van der Waals surface area contributed by atoms with Crippen molar-refractivity contribution in [1.29, 1.82) is 0 Å². The molecule has 0 aromatic heterocycles. The lowest BCUT2D eigenvalue weighted by Gasteiger charge is -2.28. The largest absolute Gasteiger partial charge is 0.383 e. The standard InChI is InChI=1S/C19H24N2/c1-16(14-20-19-11-3-2-4-12-19)21-13-7-10-17-8-5-6-9-18(17)15-21/h2-6,8-9,11-12,16,20H,7,10,13-15H2,1H3. The van der Waals surface area contributed by atoms with Crippen LogP contribution in [0.25, 0.3) is 0 Å². The zero-order valence-electron chi connectivity index (χ0n) is 12.8. The van der Waals surface area contributed by atoms with Crippen molar-refractivity contribution in [1.82, 2.24) is 4.90 Å². The molecule has 2 aromatic rings. The molecule has 1 unspecified atom stereocenters. The Hall–Kier alpha value is -1.80. The molecule has 1 heterocycles. The van der Waals surface area contributed by atoms with Crippen molar-refractivity contribution in [2.75, 3.05) is 18.4 Å². The first-order valence-electron chi connectivity index (χ1n) is 7.92. The molecule has 2 heteroatoms. The van der Waals surface area contributed by atoms with Gasteiger partial charge in [0.05, 0.1) is 0 Å². The van der Waals surface area contributed by atoms with Crippen LogP contribution in [-0.4, -0.2) is 24.0 Å². The van der Waals surface area contributed by atoms with E-state index in [-0.39, 0.29) is 0 Å². The van der Waals surface area contributed by atoms with Crippen LogP contribution >= 0.6 is 0 Å². The first-order chi connectivity index (χ1) is 10.3. The summed E-state index contributed by atoms with van der Waals surface area (Å²) in [5.74, 6) is 0. The van der Waals surface area contributed by atoms with E-state index in [0.717, 1.165) is 13.1 Å². The maximum absolute atomic E-state index is 3.54. The van der Waals surface area contributed by atoms with Gasteiger partial charge < -0.3 is 5.32 Å². The van der Waals surface area contributed by atoms with Crippen LogP contribution in [-0.2, 0) is 13.0 Å². The molecule has 0 fully saturated rings. The Bertz CT molecular complexity index is 565. The molecule has 1 aliphatic heterocycles. The molecule has 0 saturated heterocycles. The summed E-state index contributed by atoms with van der Waals surface area (Å²) < 4.78 is 0. The van der Waals surface area contributed by atoms with Crippen LogP contribution < -0.4 is 5.32 Å². The Labute approximate surface area is 127 Å². The number of nitrogens with one attached hydrogen (secondary N) is 1. The molecule has 3 rings (SSSR count). The average Bonchev–Trinajstić information content (AvgIpc) is 2.76. The van der Waals surface area contributed by atoms with Gasteiger partial charge in [0, 0.05) is 24.8 Å². The highest BCUT2D eigenvalue weighted by Crippen LogP contribution is 2.20. The highest BCUT2D eigenvalue weighted by molar-refractivity contribution is 5.42. The predicted molar refractivity (Wildman–Crippen MR) is 89.6 cm³/mol. The Kier molecular flexibility index (Phi) is 4.56. The molecule has 1 aliphatic rings. The van der Waals surface area contributed by atoms with Crippen LogP contribution in [0.5, 0.6) is 0 Å². The fraction of sp³-hybridized carbons (Fsp3) is 0.368. The number of nitrogens with zero attached hydrogens (tertiary/aromatic N) is 1. The van der Waals surface area contributed by atoms with Gasteiger partial charge in [-0.15, -0.1) is 0 Å². The number of rotatable bonds is 4. The third-order valence-electron chi connectivity index (χ3n) is 4.38. The van der Waals surface area contributed by atoms with Crippen LogP contribution in [0.2, 0.25) is 0 Å². The number of para-hydroxylation sites is 1. The van der Waals surface area contributed by atoms with E-state index >= 15 is 0 Å². The third-order valence-corrected chi connectivity index (χ3v) is 4.38. The minimum absolute atomic E-state index is 0.538. The van der Waals surface area contributed by atoms with E-state index < -0.39 is 0 Å². The fourth-order valence-electron chi connectivity index (χ4n) is 3.05. The molecule has 0 aliphatic carbocycles. The quantitative estimate of drug-likeness (QED) is 0.912. The number of fused-ring (bicyclic) bond motifs is 1. The summed E-state index contributed by atoms with van der Waals surface area (Å²) in [4.78, 5) is 2.60. The highest BCUT2D eigenvalue weighted by Gasteiger charge is 2.18. The molecule has 0 spiro atoms. The van der Waals surface area contributed by atoms with Crippen molar-refractivity contribution >= 4 is 5.69 Å². The zero-order valence-corrected chi connectivity index (χ0v) is 12.8. The molecule has 0 amide bonds. The third kappa shape index (κ3) is 3.64. The second-order valence-electron chi connectivity index (χ2n) is 5.94. The van der Waals surface area contributed by atoms with Crippen LogP contribution in [0.1, 0.15) is 24.5 Å². The Morgan fingerprint density at radius 2 is 1.71 bits per heavy atom. The predicted octanol–water partition coefficient (Wildman–Crippen LogP) is 3.94. The molecule has 2 aromatic carbocycles. The second kappa shape index (κ2) is 6.77. The van der Waals surface area contributed by atoms with E-state index in [1.807, 2.05) is 0 Å². The fourth-order valence-corrected chi connectivity index (χ4v) is 3.05. The minimum atomic E-state index is 0.538. The van der Waals surface area contributed by atoms with Gasteiger partial charge in [0.25, 0.3) is 0 Å². The maximum atomic E-state index is 3.54. The van der Waals surface area contributed by atoms with Gasteiger partial charge in [0.15, 0.2) is 0 Å². The lowest BCUT2D eigenvalue weighted by atomic mass is 10.0. The molecule has 2 nitrogen and oxygen atoms in total. The second-order valence-corrected chi connectivity index (χ2v) is 5.94. The summed E-state index contributed by atoms with van der Waals surface area (Å²) in [6, 6.07) is 19.9. The molecular weight excluding hydrogens is 256 g/mol. The van der Waals surface area contributed by atoms with E-state index in [0.29, 0.717) is 6.04 Å². The van der Waals surface area contributed by atoms with Crippen LogP contribution in [0.4, 0.5) is 5.69 Å². The highest BCUT2D eigenvalue weighted by atomic mass is 15.2. The summed E-state index contributed by atoms with van der Waals surface area (Å²) in [7, 11) is 0. The summed E-state index contributed by atoms with van der Waals surface area (Å²) in [5.41, 5.74) is 4.24. The van der Waals surface area contributed by atoms with Crippen molar-refractivity contribution < 1.29 is 0 Å². The van der Waals surface area contributed by atoms with Gasteiger partial charge in [-0.05, 0) is 49.6 Å². The van der Waals surface area contributed by atoms with Gasteiger partial charge in [-0.3, -0.25) is 4.90 Å². The smallest absolute Gasteiger partial charge is 0.0340 e. The van der Waals surface area contributed by atoms with Crippen molar-refractivity contribution in [2.45, 2.75) is 32.4 Å². The number of hydrogen-bond acceptors (Lipinski definition) is 2. The van der Waals surface area contributed by atoms with E-state index in [1.165, 1.54) is 36.2 Å². The first kappa shape index (κ1) is 14.2. The van der Waals surface area contributed by atoms with Crippen LogP contribution in [0, 0.1) is 0 Å². The number of aryl methyl sites for hydroxylation is 1. The van der Waals surface area contributed by atoms with Crippen molar-refractivity contribution in [3.63, 3.8) is 0 Å². The zero-order chi connectivity index (χ0) is 14.5. The van der Waals surface area contributed by atoms with Crippen molar-refractivity contribution in [2.24, 2.45) is 0 Å². The normalized spacial score (nSPS) is 16.8. The Morgan fingerprint density at radius 3 is 2.52 bits per heavy atom. The molecule has 21 heavy (non-hydrogen) atoms. The Morgan fingerprint density at radius 1 is 1.00 bits per heavy atom. The average molecular weight is 280 g/mol. The van der Waals surface area contributed by atoms with E-state index in [4.69, 9.17) is 0 Å². The molecular formula is C19H24N2. The van der Waals surface area contributed by atoms with E-state index in [2.05, 4.69) is 71.7 Å². The van der Waals surface area contributed by atoms with E-state index in [1.54, 1.807) is 0 Å². The number of hydrogen-bond donors (Lipinski definition) is 1. The van der Waals surface area contributed by atoms with Gasteiger partial charge in [-0.2, -0.15) is 0 Å². The maximum Gasteiger partial charge on any atom is 0.0340 e. The van der Waals surface area contributed by atoms with E-state index in [9.17, 15) is 0 Å². The molecule has 110 valence electrons. The molecule has 0 saturated carbocycles. The first-order valence-corrected chi connectivity index (χ1v) is 7.92. The van der Waals surface area contributed by atoms with Gasteiger partial charge >= 0.3 is 0 Å². The van der Waals surface area contributed by atoms with Gasteiger partial charge in [0.2, 0.25) is 0 Å². The lowest BCUT2D eigenvalue weighted by Crippen LogP contribution is -2.37. The monoisotopic (exact) mass is 280 g/mol. The van der Waals surface area contributed by atoms with Crippen molar-refractivity contribution in [3.05, 3.63) is 65.7 Å². The van der Waals surface area contributed by atoms with Gasteiger partial charge in [-0.1, -0.05) is 42.5 Å². The summed E-state index contributed by atoms with van der Waals surface area (Å²) in [6.07, 6.45) is 2.47. The number of benzene rings is 2. The van der Waals surface area contributed by atoms with Crippen LogP contribution in [0.15, 0.2) is 54.6 Å². The Balaban J connectivity index is 1.61. The van der Waals surface area contributed by atoms with Crippen molar-refractivity contribution in [3.8, 4) is 0 Å². The minimum Gasteiger partial charge on any atom is -0.383 e. The van der Waals surface area contributed by atoms with Crippen LogP contribution in [0.3, 0.4) is 0 Å². The summed E-state index contributed by atoms with van der Waals surface area (Å²) >= 11 is 0. The summed E-state index contributed by atoms with van der Waals surface area (Å²) in [6.45, 7) is 5.58. The molecule has 0 radical (unpaired) electrons. The number of anilines is 1.